The number of amides is 1. The zero-order chi connectivity index (χ0) is 15.4. The zero-order valence-electron chi connectivity index (χ0n) is 12.0. The number of ether oxygens (including phenoxy) is 3. The van der Waals surface area contributed by atoms with Gasteiger partial charge in [-0.05, 0) is 35.9 Å². The van der Waals surface area contributed by atoms with E-state index in [1.807, 2.05) is 30.3 Å². The molecule has 1 heterocycles. The normalized spacial score (nSPS) is 12.4. The maximum Gasteiger partial charge on any atom is 0.248 e. The van der Waals surface area contributed by atoms with Crippen molar-refractivity contribution in [2.45, 2.75) is 0 Å². The summed E-state index contributed by atoms with van der Waals surface area (Å²) >= 11 is 0. The number of nitrogens with one attached hydrogen (secondary N) is 1. The summed E-state index contributed by atoms with van der Waals surface area (Å²) in [5, 5.41) is 2.78. The second-order valence-electron chi connectivity index (χ2n) is 4.67. The van der Waals surface area contributed by atoms with Gasteiger partial charge in [0, 0.05) is 17.8 Å². The fourth-order valence-corrected chi connectivity index (χ4v) is 2.07. The number of methoxy groups -OCH3 is 1. The van der Waals surface area contributed by atoms with Crippen LogP contribution in [0, 0.1) is 0 Å². The zero-order valence-corrected chi connectivity index (χ0v) is 12.0. The third kappa shape index (κ3) is 3.20. The molecule has 1 aliphatic heterocycles. The summed E-state index contributed by atoms with van der Waals surface area (Å²) < 4.78 is 15.7. The molecular formula is C17H15NO4. The first kappa shape index (κ1) is 14.0. The molecule has 0 spiro atoms. The molecule has 0 unspecified atom stereocenters. The lowest BCUT2D eigenvalue weighted by atomic mass is 10.2. The molecule has 0 atom stereocenters. The highest BCUT2D eigenvalue weighted by molar-refractivity contribution is 6.02. The molecule has 2 aromatic rings. The smallest absolute Gasteiger partial charge is 0.248 e. The van der Waals surface area contributed by atoms with Crippen LogP contribution in [-0.2, 0) is 4.79 Å². The minimum atomic E-state index is -0.217. The van der Waals surface area contributed by atoms with Crippen molar-refractivity contribution in [3.63, 3.8) is 0 Å². The van der Waals surface area contributed by atoms with Crippen LogP contribution in [0.15, 0.2) is 48.5 Å². The van der Waals surface area contributed by atoms with E-state index in [1.165, 1.54) is 6.08 Å². The van der Waals surface area contributed by atoms with E-state index in [0.29, 0.717) is 17.2 Å². The third-order valence-electron chi connectivity index (χ3n) is 3.16. The largest absolute Gasteiger partial charge is 0.497 e. The number of hydrogen-bond acceptors (Lipinski definition) is 4. The Labute approximate surface area is 128 Å². The first-order valence-corrected chi connectivity index (χ1v) is 6.77. The van der Waals surface area contributed by atoms with Gasteiger partial charge < -0.3 is 19.5 Å². The Kier molecular flexibility index (Phi) is 3.96. The maximum atomic E-state index is 11.9. The van der Waals surface area contributed by atoms with Gasteiger partial charge in [-0.3, -0.25) is 4.79 Å². The summed E-state index contributed by atoms with van der Waals surface area (Å²) in [7, 11) is 1.58. The fraction of sp³-hybridized carbons (Fsp3) is 0.118. The van der Waals surface area contributed by atoms with Gasteiger partial charge in [-0.25, -0.2) is 0 Å². The van der Waals surface area contributed by atoms with Crippen LogP contribution in [0.5, 0.6) is 17.2 Å². The number of anilines is 1. The van der Waals surface area contributed by atoms with Gasteiger partial charge in [-0.1, -0.05) is 12.1 Å². The van der Waals surface area contributed by atoms with Crippen molar-refractivity contribution in [2.24, 2.45) is 0 Å². The molecule has 0 aliphatic carbocycles. The monoisotopic (exact) mass is 297 g/mol. The van der Waals surface area contributed by atoms with Gasteiger partial charge in [0.15, 0.2) is 11.5 Å². The molecule has 2 aromatic carbocycles. The van der Waals surface area contributed by atoms with Gasteiger partial charge >= 0.3 is 0 Å². The Balaban J connectivity index is 1.66. The van der Waals surface area contributed by atoms with Crippen LogP contribution in [0.3, 0.4) is 0 Å². The first-order chi connectivity index (χ1) is 10.7. The van der Waals surface area contributed by atoms with E-state index in [-0.39, 0.29) is 12.7 Å². The van der Waals surface area contributed by atoms with E-state index < -0.39 is 0 Å². The molecule has 0 saturated carbocycles. The van der Waals surface area contributed by atoms with E-state index in [0.717, 1.165) is 11.3 Å². The predicted molar refractivity (Wildman–Crippen MR) is 83.2 cm³/mol. The van der Waals surface area contributed by atoms with E-state index >= 15 is 0 Å². The van der Waals surface area contributed by atoms with Crippen LogP contribution in [0.4, 0.5) is 5.69 Å². The first-order valence-electron chi connectivity index (χ1n) is 6.77. The number of carbonyl (C=O) groups excluding carboxylic acids is 1. The van der Waals surface area contributed by atoms with Crippen LogP contribution in [0.25, 0.3) is 6.08 Å². The van der Waals surface area contributed by atoms with Gasteiger partial charge in [0.1, 0.15) is 5.75 Å². The molecule has 0 fully saturated rings. The van der Waals surface area contributed by atoms with Crippen LogP contribution in [0.2, 0.25) is 0 Å². The standard InChI is InChI=1S/C17H15NO4/c1-20-14-4-2-3-13(10-14)18-17(19)8-6-12-5-7-15-16(9-12)22-11-21-15/h2-10H,11H2,1H3,(H,18,19). The lowest BCUT2D eigenvalue weighted by Gasteiger charge is -2.04. The van der Waals surface area contributed by atoms with Gasteiger partial charge in [0.25, 0.3) is 0 Å². The molecule has 5 nitrogen and oxygen atoms in total. The maximum absolute atomic E-state index is 11.9. The summed E-state index contributed by atoms with van der Waals surface area (Å²) in [4.78, 5) is 11.9. The van der Waals surface area contributed by atoms with Crippen molar-refractivity contribution >= 4 is 17.7 Å². The predicted octanol–water partition coefficient (Wildman–Crippen LogP) is 3.08. The van der Waals surface area contributed by atoms with Crippen molar-refractivity contribution in [3.05, 3.63) is 54.1 Å². The molecule has 3 rings (SSSR count). The van der Waals surface area contributed by atoms with E-state index in [2.05, 4.69) is 5.32 Å². The van der Waals surface area contributed by atoms with E-state index in [1.54, 1.807) is 25.3 Å². The highest BCUT2D eigenvalue weighted by Gasteiger charge is 2.12. The molecule has 5 heteroatoms. The molecule has 22 heavy (non-hydrogen) atoms. The van der Waals surface area contributed by atoms with Crippen LogP contribution >= 0.6 is 0 Å². The molecule has 0 aromatic heterocycles. The average molecular weight is 297 g/mol. The molecule has 0 saturated heterocycles. The number of carbonyl (C=O) groups is 1. The molecule has 0 radical (unpaired) electrons. The van der Waals surface area contributed by atoms with E-state index in [4.69, 9.17) is 14.2 Å². The molecule has 112 valence electrons. The number of hydrogen-bond donors (Lipinski definition) is 1. The lowest BCUT2D eigenvalue weighted by Crippen LogP contribution is -2.07. The quantitative estimate of drug-likeness (QED) is 0.881. The highest BCUT2D eigenvalue weighted by atomic mass is 16.7. The third-order valence-corrected chi connectivity index (χ3v) is 3.16. The Hall–Kier alpha value is -2.95. The second kappa shape index (κ2) is 6.22. The summed E-state index contributed by atoms with van der Waals surface area (Å²) in [5.41, 5.74) is 1.55. The minimum absolute atomic E-state index is 0.217. The summed E-state index contributed by atoms with van der Waals surface area (Å²) in [6.07, 6.45) is 3.19. The Morgan fingerprint density at radius 1 is 1.18 bits per heavy atom. The fourth-order valence-electron chi connectivity index (χ4n) is 2.07. The Morgan fingerprint density at radius 3 is 2.91 bits per heavy atom. The van der Waals surface area contributed by atoms with Crippen molar-refractivity contribution in [2.75, 3.05) is 19.2 Å². The van der Waals surface area contributed by atoms with Gasteiger partial charge in [-0.2, -0.15) is 0 Å². The molecule has 1 aliphatic rings. The van der Waals surface area contributed by atoms with Gasteiger partial charge in [0.2, 0.25) is 12.7 Å². The number of fused-ring (bicyclic) bond motifs is 1. The molecule has 1 N–H and O–H groups in total. The van der Waals surface area contributed by atoms with E-state index in [9.17, 15) is 4.79 Å². The minimum Gasteiger partial charge on any atom is -0.497 e. The van der Waals surface area contributed by atoms with Crippen molar-refractivity contribution < 1.29 is 19.0 Å². The van der Waals surface area contributed by atoms with Gasteiger partial charge in [-0.15, -0.1) is 0 Å². The van der Waals surface area contributed by atoms with Gasteiger partial charge in [0.05, 0.1) is 7.11 Å². The van der Waals surface area contributed by atoms with Crippen molar-refractivity contribution in [1.82, 2.24) is 0 Å². The number of rotatable bonds is 4. The highest BCUT2D eigenvalue weighted by Crippen LogP contribution is 2.32. The lowest BCUT2D eigenvalue weighted by molar-refractivity contribution is -0.111. The summed E-state index contributed by atoms with van der Waals surface area (Å²) in [6.45, 7) is 0.235. The van der Waals surface area contributed by atoms with Crippen molar-refractivity contribution in [3.8, 4) is 17.2 Å². The summed E-state index contributed by atoms with van der Waals surface area (Å²) in [6, 6.07) is 12.7. The Morgan fingerprint density at radius 2 is 2.05 bits per heavy atom. The average Bonchev–Trinajstić information content (AvgIpc) is 3.00. The molecular weight excluding hydrogens is 282 g/mol. The van der Waals surface area contributed by atoms with Crippen molar-refractivity contribution in [1.29, 1.82) is 0 Å². The summed E-state index contributed by atoms with van der Waals surface area (Å²) in [5.74, 6) is 1.89. The van der Waals surface area contributed by atoms with Crippen LogP contribution < -0.4 is 19.5 Å². The van der Waals surface area contributed by atoms with Crippen LogP contribution in [-0.4, -0.2) is 19.8 Å². The Bertz CT molecular complexity index is 724. The SMILES string of the molecule is COc1cccc(NC(=O)C=Cc2ccc3c(c2)OCO3)c1. The molecule has 1 amide bonds. The topological polar surface area (TPSA) is 56.8 Å². The van der Waals surface area contributed by atoms with Crippen LogP contribution in [0.1, 0.15) is 5.56 Å². The number of benzene rings is 2. The molecule has 0 bridgehead atoms. The second-order valence-corrected chi connectivity index (χ2v) is 4.67.